The predicted octanol–water partition coefficient (Wildman–Crippen LogP) is 1.10. The monoisotopic (exact) mass is 329 g/mol. The van der Waals surface area contributed by atoms with Crippen LogP contribution in [0.2, 0.25) is 0 Å². The number of aromatic nitrogens is 4. The Morgan fingerprint density at radius 3 is 3.08 bits per heavy atom. The van der Waals surface area contributed by atoms with Gasteiger partial charge in [0.15, 0.2) is 0 Å². The average molecular weight is 329 g/mol. The zero-order chi connectivity index (χ0) is 16.8. The normalized spacial score (nSPS) is 17.9. The van der Waals surface area contributed by atoms with E-state index in [0.717, 1.165) is 30.8 Å². The Bertz CT molecular complexity index is 658. The number of aryl methyl sites for hydroxylation is 2. The second-order valence-electron chi connectivity index (χ2n) is 5.90. The maximum atomic E-state index is 12.6. The summed E-state index contributed by atoms with van der Waals surface area (Å²) in [5, 5.41) is 0. The fourth-order valence-electron chi connectivity index (χ4n) is 2.94. The van der Waals surface area contributed by atoms with Crippen LogP contribution in [0.4, 0.5) is 0 Å². The van der Waals surface area contributed by atoms with Crippen molar-refractivity contribution in [2.45, 2.75) is 38.8 Å². The van der Waals surface area contributed by atoms with Crippen LogP contribution in [0, 0.1) is 0 Å². The van der Waals surface area contributed by atoms with Crippen molar-refractivity contribution >= 4 is 5.91 Å². The molecule has 1 fully saturated rings. The van der Waals surface area contributed by atoms with E-state index in [0.29, 0.717) is 26.2 Å². The standard InChI is InChI=1S/C17H23N5O2/c1-2-16-19-7-8-21(16)12-17(23)22-9-10-24-15(11-22)4-3-14-5-6-18-13-20-14/h5-8,13,15H,2-4,9-12H2,1H3/t15-/m0/s1. The number of hydrogen-bond acceptors (Lipinski definition) is 5. The van der Waals surface area contributed by atoms with Gasteiger partial charge in [0.1, 0.15) is 18.7 Å². The SMILES string of the molecule is CCc1nccn1CC(=O)N1CCO[C@@H](CCc2ccncn2)C1. The quantitative estimate of drug-likeness (QED) is 0.793. The molecular weight excluding hydrogens is 306 g/mol. The van der Waals surface area contributed by atoms with Gasteiger partial charge in [0.25, 0.3) is 0 Å². The van der Waals surface area contributed by atoms with Crippen LogP contribution in [0.15, 0.2) is 31.0 Å². The van der Waals surface area contributed by atoms with E-state index in [4.69, 9.17) is 4.74 Å². The zero-order valence-corrected chi connectivity index (χ0v) is 14.0. The predicted molar refractivity (Wildman–Crippen MR) is 88.3 cm³/mol. The molecule has 1 amide bonds. The smallest absolute Gasteiger partial charge is 0.242 e. The summed E-state index contributed by atoms with van der Waals surface area (Å²) in [5.74, 6) is 1.06. The number of ether oxygens (including phenoxy) is 1. The van der Waals surface area contributed by atoms with Crippen LogP contribution in [-0.4, -0.2) is 56.1 Å². The molecule has 0 radical (unpaired) electrons. The average Bonchev–Trinajstić information content (AvgIpc) is 3.08. The van der Waals surface area contributed by atoms with Gasteiger partial charge in [0.05, 0.1) is 12.7 Å². The van der Waals surface area contributed by atoms with Crippen molar-refractivity contribution in [2.24, 2.45) is 0 Å². The van der Waals surface area contributed by atoms with Crippen molar-refractivity contribution in [1.82, 2.24) is 24.4 Å². The van der Waals surface area contributed by atoms with Crippen LogP contribution < -0.4 is 0 Å². The van der Waals surface area contributed by atoms with Gasteiger partial charge in [0, 0.05) is 43.8 Å². The van der Waals surface area contributed by atoms with Gasteiger partial charge in [-0.25, -0.2) is 15.0 Å². The van der Waals surface area contributed by atoms with Crippen molar-refractivity contribution in [3.05, 3.63) is 42.5 Å². The fourth-order valence-corrected chi connectivity index (χ4v) is 2.94. The largest absolute Gasteiger partial charge is 0.375 e. The second-order valence-corrected chi connectivity index (χ2v) is 5.90. The summed E-state index contributed by atoms with van der Waals surface area (Å²) < 4.78 is 7.73. The summed E-state index contributed by atoms with van der Waals surface area (Å²) in [5.41, 5.74) is 1.00. The first-order chi connectivity index (χ1) is 11.8. The van der Waals surface area contributed by atoms with Crippen molar-refractivity contribution in [2.75, 3.05) is 19.7 Å². The molecule has 0 saturated carbocycles. The Morgan fingerprint density at radius 2 is 2.29 bits per heavy atom. The van der Waals surface area contributed by atoms with E-state index in [-0.39, 0.29) is 12.0 Å². The summed E-state index contributed by atoms with van der Waals surface area (Å²) in [7, 11) is 0. The molecular formula is C17H23N5O2. The Kier molecular flexibility index (Phi) is 5.53. The minimum Gasteiger partial charge on any atom is -0.375 e. The highest BCUT2D eigenvalue weighted by molar-refractivity contribution is 5.76. The van der Waals surface area contributed by atoms with Gasteiger partial charge in [-0.2, -0.15) is 0 Å². The number of imidazole rings is 1. The lowest BCUT2D eigenvalue weighted by molar-refractivity contribution is -0.139. The van der Waals surface area contributed by atoms with E-state index >= 15 is 0 Å². The molecule has 7 heteroatoms. The first kappa shape index (κ1) is 16.6. The molecule has 0 N–H and O–H groups in total. The lowest BCUT2D eigenvalue weighted by Crippen LogP contribution is -2.47. The first-order valence-electron chi connectivity index (χ1n) is 8.40. The first-order valence-corrected chi connectivity index (χ1v) is 8.40. The summed E-state index contributed by atoms with van der Waals surface area (Å²) >= 11 is 0. The highest BCUT2D eigenvalue weighted by Gasteiger charge is 2.24. The molecule has 2 aromatic heterocycles. The number of rotatable bonds is 6. The number of amides is 1. The van der Waals surface area contributed by atoms with Crippen molar-refractivity contribution in [3.8, 4) is 0 Å². The Hall–Kier alpha value is -2.28. The van der Waals surface area contributed by atoms with Crippen LogP contribution in [-0.2, 0) is 28.9 Å². The van der Waals surface area contributed by atoms with Gasteiger partial charge in [-0.05, 0) is 18.9 Å². The van der Waals surface area contributed by atoms with E-state index in [1.807, 2.05) is 28.7 Å². The van der Waals surface area contributed by atoms with E-state index in [9.17, 15) is 4.79 Å². The lowest BCUT2D eigenvalue weighted by Gasteiger charge is -2.33. The van der Waals surface area contributed by atoms with E-state index in [1.54, 1.807) is 18.7 Å². The molecule has 0 unspecified atom stereocenters. The van der Waals surface area contributed by atoms with Gasteiger partial charge in [-0.15, -0.1) is 0 Å². The molecule has 128 valence electrons. The molecule has 1 atom stereocenters. The molecule has 0 aromatic carbocycles. The van der Waals surface area contributed by atoms with Gasteiger partial charge in [0.2, 0.25) is 5.91 Å². The number of carbonyl (C=O) groups is 1. The summed E-state index contributed by atoms with van der Waals surface area (Å²) in [4.78, 5) is 26.9. The van der Waals surface area contributed by atoms with Crippen LogP contribution in [0.5, 0.6) is 0 Å². The topological polar surface area (TPSA) is 73.1 Å². The third-order valence-corrected chi connectivity index (χ3v) is 4.28. The molecule has 24 heavy (non-hydrogen) atoms. The van der Waals surface area contributed by atoms with E-state index in [2.05, 4.69) is 15.0 Å². The minimum absolute atomic E-state index is 0.0612. The third-order valence-electron chi connectivity index (χ3n) is 4.28. The Balaban J connectivity index is 1.52. The molecule has 0 spiro atoms. The maximum Gasteiger partial charge on any atom is 0.242 e. The Morgan fingerprint density at radius 1 is 1.38 bits per heavy atom. The molecule has 0 aliphatic carbocycles. The summed E-state index contributed by atoms with van der Waals surface area (Å²) in [6.07, 6.45) is 9.48. The molecule has 0 bridgehead atoms. The maximum absolute atomic E-state index is 12.6. The van der Waals surface area contributed by atoms with E-state index in [1.165, 1.54) is 0 Å². The molecule has 7 nitrogen and oxygen atoms in total. The second kappa shape index (κ2) is 8.01. The van der Waals surface area contributed by atoms with Crippen molar-refractivity contribution in [1.29, 1.82) is 0 Å². The number of carbonyl (C=O) groups excluding carboxylic acids is 1. The van der Waals surface area contributed by atoms with Gasteiger partial charge in [-0.1, -0.05) is 6.92 Å². The molecule has 3 rings (SSSR count). The Labute approximate surface area is 141 Å². The van der Waals surface area contributed by atoms with Crippen LogP contribution in [0.3, 0.4) is 0 Å². The van der Waals surface area contributed by atoms with Crippen molar-refractivity contribution < 1.29 is 9.53 Å². The van der Waals surface area contributed by atoms with Crippen molar-refractivity contribution in [3.63, 3.8) is 0 Å². The van der Waals surface area contributed by atoms with Crippen LogP contribution in [0.1, 0.15) is 24.9 Å². The number of morpholine rings is 1. The van der Waals surface area contributed by atoms with Crippen LogP contribution >= 0.6 is 0 Å². The molecule has 1 aliphatic rings. The summed E-state index contributed by atoms with van der Waals surface area (Å²) in [6, 6.07) is 1.91. The minimum atomic E-state index is 0.0612. The molecule has 1 saturated heterocycles. The van der Waals surface area contributed by atoms with Gasteiger partial charge < -0.3 is 14.2 Å². The zero-order valence-electron chi connectivity index (χ0n) is 14.0. The third kappa shape index (κ3) is 4.17. The van der Waals surface area contributed by atoms with E-state index < -0.39 is 0 Å². The highest BCUT2D eigenvalue weighted by Crippen LogP contribution is 2.12. The summed E-state index contributed by atoms with van der Waals surface area (Å²) in [6.45, 7) is 4.27. The highest BCUT2D eigenvalue weighted by atomic mass is 16.5. The lowest BCUT2D eigenvalue weighted by atomic mass is 10.1. The number of nitrogens with zero attached hydrogens (tertiary/aromatic N) is 5. The molecule has 2 aromatic rings. The molecule has 3 heterocycles. The van der Waals surface area contributed by atoms with Crippen LogP contribution in [0.25, 0.3) is 0 Å². The number of hydrogen-bond donors (Lipinski definition) is 0. The molecule has 1 aliphatic heterocycles. The van der Waals surface area contributed by atoms with Gasteiger partial charge >= 0.3 is 0 Å². The van der Waals surface area contributed by atoms with Gasteiger partial charge in [-0.3, -0.25) is 4.79 Å². The fraction of sp³-hybridized carbons (Fsp3) is 0.529.